The lowest BCUT2D eigenvalue weighted by atomic mass is 10.0. The van der Waals surface area contributed by atoms with Crippen molar-refractivity contribution in [2.45, 2.75) is 6.18 Å². The molecule has 0 aliphatic rings. The largest absolute Gasteiger partial charge is 0.419 e. The molecule has 0 amide bonds. The maximum Gasteiger partial charge on any atom is 0.419 e. The van der Waals surface area contributed by atoms with Gasteiger partial charge in [-0.3, -0.25) is 4.98 Å². The molecule has 4 aromatic rings. The smallest absolute Gasteiger partial charge is 0.373 e. The van der Waals surface area contributed by atoms with Crippen LogP contribution >= 0.6 is 0 Å². The van der Waals surface area contributed by atoms with E-state index in [-0.39, 0.29) is 5.56 Å². The highest BCUT2D eigenvalue weighted by Crippen LogP contribution is 2.35. The standard InChI is InChI=1S/C21H14F4N4/c1-26-20-15-9-12(13-4-6-17(22)16(10-13)21(23,24)25)5-7-18(15)28-19(29-20)14-3-2-8-27-11-14/h2-11H,1H3,(H,26,28,29). The summed E-state index contributed by atoms with van der Waals surface area (Å²) >= 11 is 0. The fourth-order valence-electron chi connectivity index (χ4n) is 3.04. The highest BCUT2D eigenvalue weighted by Gasteiger charge is 2.34. The number of alkyl halides is 3. The summed E-state index contributed by atoms with van der Waals surface area (Å²) in [5.41, 5.74) is 0.803. The second-order valence-electron chi connectivity index (χ2n) is 6.31. The van der Waals surface area contributed by atoms with Gasteiger partial charge in [-0.25, -0.2) is 14.4 Å². The summed E-state index contributed by atoms with van der Waals surface area (Å²) in [6.45, 7) is 0. The van der Waals surface area contributed by atoms with Crippen LogP contribution in [0.5, 0.6) is 0 Å². The van der Waals surface area contributed by atoms with Crippen molar-refractivity contribution in [1.82, 2.24) is 15.0 Å². The Morgan fingerprint density at radius 2 is 1.66 bits per heavy atom. The van der Waals surface area contributed by atoms with Crippen molar-refractivity contribution in [2.24, 2.45) is 0 Å². The van der Waals surface area contributed by atoms with Gasteiger partial charge >= 0.3 is 6.18 Å². The van der Waals surface area contributed by atoms with Crippen LogP contribution in [0.4, 0.5) is 23.4 Å². The summed E-state index contributed by atoms with van der Waals surface area (Å²) < 4.78 is 52.7. The van der Waals surface area contributed by atoms with Gasteiger partial charge in [0.25, 0.3) is 0 Å². The zero-order valence-corrected chi connectivity index (χ0v) is 15.1. The average molecular weight is 398 g/mol. The van der Waals surface area contributed by atoms with E-state index in [0.29, 0.717) is 28.1 Å². The lowest BCUT2D eigenvalue weighted by molar-refractivity contribution is -0.139. The minimum Gasteiger partial charge on any atom is -0.373 e. The maximum absolute atomic E-state index is 13.6. The Morgan fingerprint density at radius 1 is 0.897 bits per heavy atom. The molecule has 0 fully saturated rings. The van der Waals surface area contributed by atoms with Gasteiger partial charge in [-0.15, -0.1) is 0 Å². The molecule has 0 aliphatic heterocycles. The first-order valence-electron chi connectivity index (χ1n) is 8.64. The molecule has 4 nitrogen and oxygen atoms in total. The summed E-state index contributed by atoms with van der Waals surface area (Å²) in [7, 11) is 1.70. The van der Waals surface area contributed by atoms with Crippen molar-refractivity contribution < 1.29 is 17.6 Å². The minimum atomic E-state index is -4.77. The van der Waals surface area contributed by atoms with Crippen LogP contribution < -0.4 is 5.32 Å². The molecule has 1 N–H and O–H groups in total. The Hall–Kier alpha value is -3.55. The monoisotopic (exact) mass is 398 g/mol. The van der Waals surface area contributed by atoms with Crippen LogP contribution in [0.25, 0.3) is 33.4 Å². The molecule has 0 unspecified atom stereocenters. The van der Waals surface area contributed by atoms with Crippen LogP contribution in [0.3, 0.4) is 0 Å². The highest BCUT2D eigenvalue weighted by atomic mass is 19.4. The molecule has 2 aromatic heterocycles. The molecular weight excluding hydrogens is 384 g/mol. The second kappa shape index (κ2) is 7.12. The molecule has 0 saturated carbocycles. The summed E-state index contributed by atoms with van der Waals surface area (Å²) in [6, 6.07) is 11.6. The highest BCUT2D eigenvalue weighted by molar-refractivity contribution is 5.93. The van der Waals surface area contributed by atoms with Crippen molar-refractivity contribution >= 4 is 16.7 Å². The van der Waals surface area contributed by atoms with E-state index in [0.717, 1.165) is 17.7 Å². The molecule has 2 aromatic carbocycles. The molecule has 0 radical (unpaired) electrons. The number of aromatic nitrogens is 3. The number of nitrogens with one attached hydrogen (secondary N) is 1. The van der Waals surface area contributed by atoms with Gasteiger partial charge in [0.1, 0.15) is 11.6 Å². The first-order chi connectivity index (χ1) is 13.9. The van der Waals surface area contributed by atoms with Gasteiger partial charge in [-0.2, -0.15) is 13.2 Å². The van der Waals surface area contributed by atoms with Gasteiger partial charge in [0.15, 0.2) is 5.82 Å². The Labute approximate surface area is 163 Å². The van der Waals surface area contributed by atoms with E-state index in [9.17, 15) is 17.6 Å². The number of halogens is 4. The summed E-state index contributed by atoms with van der Waals surface area (Å²) in [4.78, 5) is 13.1. The fourth-order valence-corrected chi connectivity index (χ4v) is 3.04. The van der Waals surface area contributed by atoms with Crippen molar-refractivity contribution in [3.63, 3.8) is 0 Å². The minimum absolute atomic E-state index is 0.249. The molecule has 0 bridgehead atoms. The molecule has 146 valence electrons. The number of hydrogen-bond acceptors (Lipinski definition) is 4. The van der Waals surface area contributed by atoms with Crippen LogP contribution in [0, 0.1) is 5.82 Å². The molecule has 2 heterocycles. The molecule has 0 aliphatic carbocycles. The molecule has 0 atom stereocenters. The van der Waals surface area contributed by atoms with Gasteiger partial charge in [-0.05, 0) is 47.5 Å². The van der Waals surface area contributed by atoms with Crippen molar-refractivity contribution in [3.05, 3.63) is 72.3 Å². The lowest BCUT2D eigenvalue weighted by Gasteiger charge is -2.12. The number of rotatable bonds is 3. The quantitative estimate of drug-likeness (QED) is 0.459. The third-order valence-corrected chi connectivity index (χ3v) is 4.46. The average Bonchev–Trinajstić information content (AvgIpc) is 2.72. The third-order valence-electron chi connectivity index (χ3n) is 4.46. The topological polar surface area (TPSA) is 50.7 Å². The van der Waals surface area contributed by atoms with E-state index in [1.807, 2.05) is 6.07 Å². The number of nitrogens with zero attached hydrogens (tertiary/aromatic N) is 3. The lowest BCUT2D eigenvalue weighted by Crippen LogP contribution is -2.08. The molecule has 0 saturated heterocycles. The fraction of sp³-hybridized carbons (Fsp3) is 0.0952. The van der Waals surface area contributed by atoms with Crippen molar-refractivity contribution in [2.75, 3.05) is 12.4 Å². The predicted molar refractivity (Wildman–Crippen MR) is 103 cm³/mol. The van der Waals surface area contributed by atoms with E-state index < -0.39 is 17.6 Å². The number of pyridine rings is 1. The third kappa shape index (κ3) is 3.61. The molecule has 8 heteroatoms. The van der Waals surface area contributed by atoms with Crippen molar-refractivity contribution in [1.29, 1.82) is 0 Å². The Morgan fingerprint density at radius 3 is 2.34 bits per heavy atom. The predicted octanol–water partition coefficient (Wildman–Crippen LogP) is 5.56. The molecule has 4 rings (SSSR count). The molecule has 29 heavy (non-hydrogen) atoms. The van der Waals surface area contributed by atoms with Gasteiger partial charge < -0.3 is 5.32 Å². The summed E-state index contributed by atoms with van der Waals surface area (Å²) in [5.74, 6) is -0.305. The number of hydrogen-bond donors (Lipinski definition) is 1. The summed E-state index contributed by atoms with van der Waals surface area (Å²) in [5, 5.41) is 3.63. The Kier molecular flexibility index (Phi) is 4.62. The number of anilines is 1. The molecule has 0 spiro atoms. The van der Waals surface area contributed by atoms with E-state index >= 15 is 0 Å². The van der Waals surface area contributed by atoms with Crippen LogP contribution in [0.15, 0.2) is 60.9 Å². The molecular formula is C21H14F4N4. The van der Waals surface area contributed by atoms with Crippen LogP contribution in [-0.4, -0.2) is 22.0 Å². The van der Waals surface area contributed by atoms with Crippen LogP contribution in [0.2, 0.25) is 0 Å². The Bertz CT molecular complexity index is 1190. The van der Waals surface area contributed by atoms with Crippen molar-refractivity contribution in [3.8, 4) is 22.5 Å². The maximum atomic E-state index is 13.6. The number of fused-ring (bicyclic) bond motifs is 1. The van der Waals surface area contributed by atoms with E-state index in [2.05, 4.69) is 20.3 Å². The SMILES string of the molecule is CNc1nc(-c2cccnc2)nc2ccc(-c3ccc(F)c(C(F)(F)F)c3)cc12. The van der Waals surface area contributed by atoms with E-state index in [1.54, 1.807) is 43.7 Å². The number of benzene rings is 2. The second-order valence-corrected chi connectivity index (χ2v) is 6.31. The van der Waals surface area contributed by atoms with Gasteiger partial charge in [0.05, 0.1) is 11.1 Å². The van der Waals surface area contributed by atoms with E-state index in [1.165, 1.54) is 6.07 Å². The first-order valence-corrected chi connectivity index (χ1v) is 8.64. The van der Waals surface area contributed by atoms with E-state index in [4.69, 9.17) is 0 Å². The van der Waals surface area contributed by atoms with Gasteiger partial charge in [0.2, 0.25) is 0 Å². The zero-order chi connectivity index (χ0) is 20.6. The van der Waals surface area contributed by atoms with Crippen LogP contribution in [0.1, 0.15) is 5.56 Å². The first kappa shape index (κ1) is 18.8. The van der Waals surface area contributed by atoms with Gasteiger partial charge in [-0.1, -0.05) is 12.1 Å². The summed E-state index contributed by atoms with van der Waals surface area (Å²) in [6.07, 6.45) is -1.48. The Balaban J connectivity index is 1.85. The van der Waals surface area contributed by atoms with Crippen LogP contribution in [-0.2, 0) is 6.18 Å². The zero-order valence-electron chi connectivity index (χ0n) is 15.1. The normalized spacial score (nSPS) is 11.6. The van der Waals surface area contributed by atoms with Gasteiger partial charge in [0, 0.05) is 30.4 Å².